The monoisotopic (exact) mass is 263 g/mol. The van der Waals surface area contributed by atoms with E-state index in [-0.39, 0.29) is 6.04 Å². The molecule has 2 rings (SSSR count). The number of hydrogen-bond acceptors (Lipinski definition) is 3. The van der Waals surface area contributed by atoms with Crippen LogP contribution in [0.3, 0.4) is 0 Å². The molecule has 2 aromatic rings. The van der Waals surface area contributed by atoms with E-state index in [0.717, 1.165) is 5.69 Å². The molecule has 0 N–H and O–H groups in total. The minimum absolute atomic E-state index is 0.147. The average Bonchev–Trinajstić information content (AvgIpc) is 2.90. The lowest BCUT2D eigenvalue weighted by Crippen LogP contribution is -2.22. The third kappa shape index (κ3) is 2.43. The van der Waals surface area contributed by atoms with E-state index in [1.165, 1.54) is 17.0 Å². The van der Waals surface area contributed by atoms with E-state index in [4.69, 9.17) is 0 Å². The highest BCUT2D eigenvalue weighted by Crippen LogP contribution is 2.30. The van der Waals surface area contributed by atoms with Crippen molar-refractivity contribution in [3.8, 4) is 0 Å². The van der Waals surface area contributed by atoms with Gasteiger partial charge in [-0.25, -0.2) is 4.39 Å². The summed E-state index contributed by atoms with van der Waals surface area (Å²) >= 11 is 1.67. The molecule has 4 heteroatoms. The Labute approximate surface area is 110 Å². The molecule has 0 spiro atoms. The third-order valence-electron chi connectivity index (χ3n) is 3.03. The number of rotatable bonds is 4. The van der Waals surface area contributed by atoms with Crippen molar-refractivity contribution in [2.45, 2.75) is 13.0 Å². The van der Waals surface area contributed by atoms with Gasteiger partial charge in [-0.1, -0.05) is 6.07 Å². The molecule has 0 saturated carbocycles. The molecule has 18 heavy (non-hydrogen) atoms. The Kier molecular flexibility index (Phi) is 3.77. The Bertz CT molecular complexity index is 539. The van der Waals surface area contributed by atoms with Gasteiger partial charge in [-0.2, -0.15) is 0 Å². The van der Waals surface area contributed by atoms with Crippen molar-refractivity contribution in [3.63, 3.8) is 0 Å². The number of carbonyl (C=O) groups is 1. The number of aldehydes is 1. The summed E-state index contributed by atoms with van der Waals surface area (Å²) in [6, 6.07) is 8.48. The predicted octanol–water partition coefficient (Wildman–Crippen LogP) is 3.90. The molecule has 1 heterocycles. The van der Waals surface area contributed by atoms with E-state index in [2.05, 4.69) is 13.0 Å². The number of carbonyl (C=O) groups excluding carboxylic acids is 1. The summed E-state index contributed by atoms with van der Waals surface area (Å²) in [5.41, 5.74) is 1.12. The second kappa shape index (κ2) is 5.31. The van der Waals surface area contributed by atoms with Gasteiger partial charge in [-0.15, -0.1) is 11.3 Å². The van der Waals surface area contributed by atoms with E-state index >= 15 is 0 Å². The van der Waals surface area contributed by atoms with Gasteiger partial charge in [0.15, 0.2) is 6.29 Å². The van der Waals surface area contributed by atoms with Gasteiger partial charge in [0.1, 0.15) is 5.82 Å². The fourth-order valence-corrected chi connectivity index (χ4v) is 2.70. The van der Waals surface area contributed by atoms with E-state index in [1.54, 1.807) is 17.4 Å². The zero-order valence-electron chi connectivity index (χ0n) is 10.3. The quantitative estimate of drug-likeness (QED) is 0.780. The topological polar surface area (TPSA) is 20.3 Å². The van der Waals surface area contributed by atoms with E-state index in [1.807, 2.05) is 23.4 Å². The van der Waals surface area contributed by atoms with Crippen molar-refractivity contribution in [3.05, 3.63) is 52.0 Å². The highest BCUT2D eigenvalue weighted by molar-refractivity contribution is 7.10. The molecule has 1 atom stereocenters. The highest BCUT2D eigenvalue weighted by Gasteiger charge is 2.16. The first-order chi connectivity index (χ1) is 8.63. The molecule has 0 bridgehead atoms. The van der Waals surface area contributed by atoms with Gasteiger partial charge in [0.25, 0.3) is 0 Å². The van der Waals surface area contributed by atoms with Crippen LogP contribution >= 0.6 is 11.3 Å². The first-order valence-corrected chi connectivity index (χ1v) is 6.52. The molecular formula is C14H14FNOS. The Morgan fingerprint density at radius 3 is 2.78 bits per heavy atom. The first kappa shape index (κ1) is 12.8. The maximum Gasteiger partial charge on any atom is 0.152 e. The van der Waals surface area contributed by atoms with Gasteiger partial charge < -0.3 is 4.90 Å². The summed E-state index contributed by atoms with van der Waals surface area (Å²) in [6.45, 7) is 2.06. The van der Waals surface area contributed by atoms with Crippen molar-refractivity contribution < 1.29 is 9.18 Å². The second-order valence-corrected chi connectivity index (χ2v) is 5.10. The smallest absolute Gasteiger partial charge is 0.152 e. The fraction of sp³-hybridized carbons (Fsp3) is 0.214. The molecule has 0 aliphatic carbocycles. The van der Waals surface area contributed by atoms with Crippen LogP contribution in [-0.4, -0.2) is 13.3 Å². The number of halogens is 1. The number of thiophene rings is 1. The number of benzene rings is 1. The predicted molar refractivity (Wildman–Crippen MR) is 72.9 cm³/mol. The lowest BCUT2D eigenvalue weighted by Gasteiger charge is -2.27. The normalized spacial score (nSPS) is 12.2. The maximum absolute atomic E-state index is 13.1. The SMILES string of the molecule is CC(c1cccs1)N(C)c1ccc(F)cc1C=O. The summed E-state index contributed by atoms with van der Waals surface area (Å²) < 4.78 is 13.1. The van der Waals surface area contributed by atoms with Gasteiger partial charge in [0.2, 0.25) is 0 Å². The third-order valence-corrected chi connectivity index (χ3v) is 4.07. The van der Waals surface area contributed by atoms with Gasteiger partial charge in [-0.3, -0.25) is 4.79 Å². The van der Waals surface area contributed by atoms with Crippen LogP contribution in [0.4, 0.5) is 10.1 Å². The minimum atomic E-state index is -0.391. The Morgan fingerprint density at radius 2 is 2.17 bits per heavy atom. The molecule has 94 valence electrons. The molecule has 0 aliphatic rings. The summed E-state index contributed by atoms with van der Waals surface area (Å²) in [6.07, 6.45) is 0.691. The summed E-state index contributed by atoms with van der Waals surface area (Å²) in [4.78, 5) is 14.2. The second-order valence-electron chi connectivity index (χ2n) is 4.12. The summed E-state index contributed by atoms with van der Waals surface area (Å²) in [7, 11) is 1.91. The van der Waals surface area contributed by atoms with E-state index in [0.29, 0.717) is 11.8 Å². The lowest BCUT2D eigenvalue weighted by molar-refractivity contribution is 0.112. The van der Waals surface area contributed by atoms with Crippen LogP contribution < -0.4 is 4.90 Å². The molecule has 2 nitrogen and oxygen atoms in total. The van der Waals surface area contributed by atoms with Crippen LogP contribution in [0.25, 0.3) is 0 Å². The molecule has 1 aromatic heterocycles. The Balaban J connectivity index is 2.33. The lowest BCUT2D eigenvalue weighted by atomic mass is 10.1. The Hall–Kier alpha value is -1.68. The zero-order valence-corrected chi connectivity index (χ0v) is 11.1. The molecule has 0 radical (unpaired) electrons. The van der Waals surface area contributed by atoms with Crippen LogP contribution in [0.15, 0.2) is 35.7 Å². The van der Waals surface area contributed by atoms with Crippen molar-refractivity contribution in [1.82, 2.24) is 0 Å². The Morgan fingerprint density at radius 1 is 1.39 bits per heavy atom. The largest absolute Gasteiger partial charge is 0.366 e. The standard InChI is InChI=1S/C14H14FNOS/c1-10(14-4-3-7-18-14)16(2)13-6-5-12(15)8-11(13)9-17/h3-10H,1-2H3. The number of anilines is 1. The van der Waals surface area contributed by atoms with E-state index < -0.39 is 5.82 Å². The van der Waals surface area contributed by atoms with Crippen LogP contribution in [0, 0.1) is 5.82 Å². The fourth-order valence-electron chi connectivity index (χ4n) is 1.87. The zero-order chi connectivity index (χ0) is 13.1. The molecule has 0 fully saturated rings. The van der Waals surface area contributed by atoms with E-state index in [9.17, 15) is 9.18 Å². The maximum atomic E-state index is 13.1. The van der Waals surface area contributed by atoms with Crippen molar-refractivity contribution in [2.75, 3.05) is 11.9 Å². The van der Waals surface area contributed by atoms with Gasteiger partial charge in [0, 0.05) is 23.2 Å². The number of hydrogen-bond donors (Lipinski definition) is 0. The van der Waals surface area contributed by atoms with Crippen LogP contribution in [-0.2, 0) is 0 Å². The first-order valence-electron chi connectivity index (χ1n) is 5.64. The molecule has 0 aliphatic heterocycles. The van der Waals surface area contributed by atoms with Gasteiger partial charge in [0.05, 0.1) is 6.04 Å². The van der Waals surface area contributed by atoms with Crippen LogP contribution in [0.5, 0.6) is 0 Å². The van der Waals surface area contributed by atoms with Crippen LogP contribution in [0.2, 0.25) is 0 Å². The van der Waals surface area contributed by atoms with Crippen molar-refractivity contribution >= 4 is 23.3 Å². The molecule has 1 unspecified atom stereocenters. The summed E-state index contributed by atoms with van der Waals surface area (Å²) in [5, 5.41) is 2.02. The van der Waals surface area contributed by atoms with Crippen molar-refractivity contribution in [2.24, 2.45) is 0 Å². The average molecular weight is 263 g/mol. The highest BCUT2D eigenvalue weighted by atomic mass is 32.1. The van der Waals surface area contributed by atoms with Crippen molar-refractivity contribution in [1.29, 1.82) is 0 Å². The minimum Gasteiger partial charge on any atom is -0.366 e. The van der Waals surface area contributed by atoms with Crippen LogP contribution in [0.1, 0.15) is 28.2 Å². The van der Waals surface area contributed by atoms with Gasteiger partial charge in [-0.05, 0) is 36.6 Å². The summed E-state index contributed by atoms with van der Waals surface area (Å²) in [5.74, 6) is -0.391. The number of nitrogens with zero attached hydrogens (tertiary/aromatic N) is 1. The molecule has 0 saturated heterocycles. The molecular weight excluding hydrogens is 249 g/mol. The molecule has 0 amide bonds. The molecule has 1 aromatic carbocycles. The van der Waals surface area contributed by atoms with Gasteiger partial charge >= 0.3 is 0 Å².